The van der Waals surface area contributed by atoms with Crippen molar-refractivity contribution in [2.24, 2.45) is 11.8 Å². The van der Waals surface area contributed by atoms with Crippen LogP contribution in [0.15, 0.2) is 66.8 Å². The van der Waals surface area contributed by atoms with Crippen molar-refractivity contribution in [2.45, 2.75) is 64.6 Å². The maximum absolute atomic E-state index is 12.2. The van der Waals surface area contributed by atoms with Crippen molar-refractivity contribution in [1.82, 2.24) is 0 Å². The number of aliphatic hydroxyl groups excluding tert-OH is 5. The van der Waals surface area contributed by atoms with Crippen LogP contribution in [0.4, 0.5) is 0 Å². The molecule has 2 aromatic rings. The normalized spacial score (nSPS) is 11.9. The van der Waals surface area contributed by atoms with Crippen LogP contribution in [0.5, 0.6) is 11.5 Å². The fourth-order valence-corrected chi connectivity index (χ4v) is 4.91. The van der Waals surface area contributed by atoms with Crippen LogP contribution in [0.25, 0.3) is 11.1 Å². The first-order valence-corrected chi connectivity index (χ1v) is 16.5. The second-order valence-corrected chi connectivity index (χ2v) is 11.7. The average Bonchev–Trinajstić information content (AvgIpc) is 3.09. The molecule has 0 radical (unpaired) electrons. The number of esters is 1. The van der Waals surface area contributed by atoms with E-state index < -0.39 is 24.1 Å². The molecule has 47 heavy (non-hydrogen) atoms. The molecule has 10 nitrogen and oxygen atoms in total. The molecule has 5 N–H and O–H groups in total. The van der Waals surface area contributed by atoms with E-state index in [-0.39, 0.29) is 71.3 Å². The van der Waals surface area contributed by atoms with Gasteiger partial charge < -0.3 is 44.5 Å². The number of carbonyl (C=O) groups excluding carboxylic acids is 1. The molecule has 0 heterocycles. The van der Waals surface area contributed by atoms with E-state index in [1.165, 1.54) is 24.8 Å². The van der Waals surface area contributed by atoms with Gasteiger partial charge >= 0.3 is 5.97 Å². The first kappa shape index (κ1) is 39.9. The lowest BCUT2D eigenvalue weighted by Gasteiger charge is -2.18. The molecule has 0 saturated heterocycles. The molecule has 1 unspecified atom stereocenters. The smallest absolute Gasteiger partial charge is 0.333 e. The Morgan fingerprint density at radius 1 is 0.766 bits per heavy atom. The number of rotatable bonds is 26. The predicted molar refractivity (Wildman–Crippen MR) is 181 cm³/mol. The Labute approximate surface area is 279 Å². The molecule has 0 saturated carbocycles. The zero-order valence-corrected chi connectivity index (χ0v) is 27.8. The van der Waals surface area contributed by atoms with E-state index in [0.29, 0.717) is 17.1 Å². The zero-order valence-electron chi connectivity index (χ0n) is 27.8. The van der Waals surface area contributed by atoms with Gasteiger partial charge in [0.1, 0.15) is 31.3 Å². The minimum Gasteiger partial charge on any atom is -0.491 e. The number of carbonyl (C=O) groups is 1. The van der Waals surface area contributed by atoms with E-state index in [2.05, 4.69) is 26.1 Å². The molecule has 10 heteroatoms. The third-order valence-electron chi connectivity index (χ3n) is 7.75. The summed E-state index contributed by atoms with van der Waals surface area (Å²) in [6.45, 7) is 9.25. The lowest BCUT2D eigenvalue weighted by Crippen LogP contribution is -2.22. The average molecular weight is 659 g/mol. The maximum Gasteiger partial charge on any atom is 0.333 e. The zero-order chi connectivity index (χ0) is 34.4. The van der Waals surface area contributed by atoms with Gasteiger partial charge in [-0.15, -0.1) is 0 Å². The van der Waals surface area contributed by atoms with Crippen molar-refractivity contribution >= 4 is 5.97 Å². The molecular weight excluding hydrogens is 604 g/mol. The molecule has 1 atom stereocenters. The van der Waals surface area contributed by atoms with Crippen LogP contribution in [0.3, 0.4) is 0 Å². The van der Waals surface area contributed by atoms with Gasteiger partial charge in [0.2, 0.25) is 0 Å². The van der Waals surface area contributed by atoms with Crippen molar-refractivity contribution in [3.05, 3.63) is 72.3 Å². The number of ether oxygens (including phenoxy) is 4. The molecule has 0 aliphatic rings. The second kappa shape index (κ2) is 23.1. The van der Waals surface area contributed by atoms with Gasteiger partial charge in [-0.2, -0.15) is 0 Å². The molecule has 262 valence electrons. The summed E-state index contributed by atoms with van der Waals surface area (Å²) in [6.07, 6.45) is 5.93. The monoisotopic (exact) mass is 658 g/mol. The largest absolute Gasteiger partial charge is 0.491 e. The Morgan fingerprint density at radius 3 is 2.09 bits per heavy atom. The number of unbranched alkanes of at least 4 members (excludes halogenated alkanes) is 4. The first-order chi connectivity index (χ1) is 22.8. The lowest BCUT2D eigenvalue weighted by atomic mass is 9.95. The summed E-state index contributed by atoms with van der Waals surface area (Å²) in [5, 5.41) is 47.2. The van der Waals surface area contributed by atoms with Gasteiger partial charge in [-0.1, -0.05) is 64.0 Å². The minimum absolute atomic E-state index is 0.0200. The van der Waals surface area contributed by atoms with Gasteiger partial charge in [0.15, 0.2) is 6.29 Å². The Hall–Kier alpha value is -3.25. The van der Waals surface area contributed by atoms with Crippen molar-refractivity contribution in [3.8, 4) is 22.6 Å². The highest BCUT2D eigenvalue weighted by molar-refractivity contribution is 5.87. The highest BCUT2D eigenvalue weighted by atomic mass is 16.6. The van der Waals surface area contributed by atoms with Crippen molar-refractivity contribution < 1.29 is 49.3 Å². The maximum atomic E-state index is 12.2. The molecule has 0 fully saturated rings. The first-order valence-electron chi connectivity index (χ1n) is 16.5. The van der Waals surface area contributed by atoms with Crippen LogP contribution in [-0.4, -0.2) is 90.6 Å². The number of hydrogen-bond acceptors (Lipinski definition) is 10. The van der Waals surface area contributed by atoms with Crippen LogP contribution in [-0.2, 0) is 20.7 Å². The third kappa shape index (κ3) is 15.0. The summed E-state index contributed by atoms with van der Waals surface area (Å²) in [4.78, 5) is 12.2. The molecule has 0 bridgehead atoms. The topological polar surface area (TPSA) is 155 Å². The summed E-state index contributed by atoms with van der Waals surface area (Å²) >= 11 is 0. The fourth-order valence-electron chi connectivity index (χ4n) is 4.91. The lowest BCUT2D eigenvalue weighted by molar-refractivity contribution is -0.140. The van der Waals surface area contributed by atoms with E-state index in [1.807, 2.05) is 36.4 Å². The van der Waals surface area contributed by atoms with Gasteiger partial charge in [-0.25, -0.2) is 4.79 Å². The van der Waals surface area contributed by atoms with Gasteiger partial charge in [0.25, 0.3) is 0 Å². The molecule has 0 amide bonds. The number of benzene rings is 2. The van der Waals surface area contributed by atoms with E-state index in [0.717, 1.165) is 30.4 Å². The van der Waals surface area contributed by atoms with Gasteiger partial charge in [0.05, 0.1) is 6.61 Å². The number of hydrogen-bond donors (Lipinski definition) is 5. The minimum atomic E-state index is -1.22. The highest BCUT2D eigenvalue weighted by Gasteiger charge is 2.16. The molecule has 0 aliphatic heterocycles. The summed E-state index contributed by atoms with van der Waals surface area (Å²) < 4.78 is 22.5. The molecular formula is C37H54O10. The predicted octanol–water partition coefficient (Wildman–Crippen LogP) is 4.60. The molecule has 0 aromatic heterocycles. The second-order valence-electron chi connectivity index (χ2n) is 11.7. The van der Waals surface area contributed by atoms with Crippen LogP contribution >= 0.6 is 0 Å². The summed E-state index contributed by atoms with van der Waals surface area (Å²) in [6, 6.07) is 13.7. The van der Waals surface area contributed by atoms with Gasteiger partial charge in [-0.3, -0.25) is 0 Å². The SMILES string of the molecule is C=C(CC(CO)CO)C(=O)OCCOc1ccc(CCCCCCC)c(-c2cccc(OCCOC(O)C(=C)CC(CO)CO)c2)c1. The molecule has 0 aliphatic carbocycles. The van der Waals surface area contributed by atoms with E-state index in [9.17, 15) is 30.3 Å². The molecule has 0 spiro atoms. The van der Waals surface area contributed by atoms with Crippen LogP contribution in [0.2, 0.25) is 0 Å². The summed E-state index contributed by atoms with van der Waals surface area (Å²) in [7, 11) is 0. The van der Waals surface area contributed by atoms with E-state index in [4.69, 9.17) is 18.9 Å². The van der Waals surface area contributed by atoms with Crippen molar-refractivity contribution in [2.75, 3.05) is 52.9 Å². The molecule has 2 aromatic carbocycles. The van der Waals surface area contributed by atoms with Crippen LogP contribution in [0, 0.1) is 11.8 Å². The number of aryl methyl sites for hydroxylation is 1. The summed E-state index contributed by atoms with van der Waals surface area (Å²) in [5.41, 5.74) is 3.72. The standard InChI is InChI=1S/C37H54O10/c1-4-5-6-7-8-10-31-13-14-34(45-16-18-47-37(43)28(3)20-30(25-40)26-41)22-35(31)32-11-9-12-33(21-32)44-15-17-46-36(42)27(2)19-29(23-38)24-39/h9,11-14,21-22,29-30,36,38-42H,2-8,10,15-20,23-26H2,1H3. The van der Waals surface area contributed by atoms with Gasteiger partial charge in [0, 0.05) is 43.8 Å². The Bertz CT molecular complexity index is 1210. The van der Waals surface area contributed by atoms with E-state index in [1.54, 1.807) is 0 Å². The Morgan fingerprint density at radius 2 is 1.40 bits per heavy atom. The Balaban J connectivity index is 2.03. The third-order valence-corrected chi connectivity index (χ3v) is 7.75. The van der Waals surface area contributed by atoms with Crippen LogP contribution in [0.1, 0.15) is 57.4 Å². The van der Waals surface area contributed by atoms with Gasteiger partial charge in [-0.05, 0) is 72.2 Å². The van der Waals surface area contributed by atoms with Crippen molar-refractivity contribution in [1.29, 1.82) is 0 Å². The number of aliphatic hydroxyl groups is 5. The van der Waals surface area contributed by atoms with Crippen molar-refractivity contribution in [3.63, 3.8) is 0 Å². The van der Waals surface area contributed by atoms with Crippen LogP contribution < -0.4 is 9.47 Å². The quantitative estimate of drug-likeness (QED) is 0.0319. The van der Waals surface area contributed by atoms with E-state index >= 15 is 0 Å². The molecule has 2 rings (SSSR count). The summed E-state index contributed by atoms with van der Waals surface area (Å²) in [5.74, 6) is -0.161. The highest BCUT2D eigenvalue weighted by Crippen LogP contribution is 2.32. The Kier molecular flexibility index (Phi) is 19.7. The fraction of sp³-hybridized carbons (Fsp3) is 0.541.